The number of nitro groups is 1. The van der Waals surface area contributed by atoms with Gasteiger partial charge in [0.2, 0.25) is 5.82 Å². The second-order valence-electron chi connectivity index (χ2n) is 4.90. The standard InChI is InChI=1S/C12H12F2N4O2S/c1-6(2)5-17-11(15-16-12(17)21)8-3-7(13)4-9(10(8)14)18(19)20/h3-4,6H,5H2,1-2H3,(H,16,21). The highest BCUT2D eigenvalue weighted by Gasteiger charge is 2.24. The van der Waals surface area contributed by atoms with E-state index in [0.29, 0.717) is 12.6 Å². The lowest BCUT2D eigenvalue weighted by atomic mass is 10.1. The molecule has 0 fully saturated rings. The van der Waals surface area contributed by atoms with Gasteiger partial charge in [-0.05, 0) is 24.2 Å². The van der Waals surface area contributed by atoms with Gasteiger partial charge >= 0.3 is 5.69 Å². The molecule has 0 unspecified atom stereocenters. The summed E-state index contributed by atoms with van der Waals surface area (Å²) < 4.78 is 29.4. The van der Waals surface area contributed by atoms with Gasteiger partial charge in [-0.2, -0.15) is 9.49 Å². The summed E-state index contributed by atoms with van der Waals surface area (Å²) in [6, 6.07) is 1.40. The molecule has 0 spiro atoms. The average molecular weight is 314 g/mol. The van der Waals surface area contributed by atoms with Gasteiger partial charge in [-0.15, -0.1) is 0 Å². The maximum absolute atomic E-state index is 14.2. The van der Waals surface area contributed by atoms with Crippen LogP contribution in [0.4, 0.5) is 14.5 Å². The highest BCUT2D eigenvalue weighted by molar-refractivity contribution is 7.71. The van der Waals surface area contributed by atoms with Crippen LogP contribution in [0.1, 0.15) is 13.8 Å². The zero-order chi connectivity index (χ0) is 15.7. The SMILES string of the molecule is CC(C)Cn1c(-c2cc(F)cc([N+](=O)[O-])c2F)n[nH]c1=S. The summed E-state index contributed by atoms with van der Waals surface area (Å²) >= 11 is 5.05. The Hall–Kier alpha value is -2.16. The predicted octanol–water partition coefficient (Wildman–Crippen LogP) is 3.45. The number of halogens is 2. The second kappa shape index (κ2) is 5.68. The molecule has 6 nitrogen and oxygen atoms in total. The molecule has 1 heterocycles. The summed E-state index contributed by atoms with van der Waals surface area (Å²) in [5, 5.41) is 17.1. The van der Waals surface area contributed by atoms with Gasteiger partial charge in [0.1, 0.15) is 5.82 Å². The number of aromatic nitrogens is 3. The maximum Gasteiger partial charge on any atom is 0.308 e. The minimum absolute atomic E-state index is 0.0359. The normalized spacial score (nSPS) is 11.1. The first-order chi connectivity index (χ1) is 9.81. The molecule has 1 N–H and O–H groups in total. The quantitative estimate of drug-likeness (QED) is 0.533. The molecule has 2 aromatic rings. The highest BCUT2D eigenvalue weighted by atomic mass is 32.1. The van der Waals surface area contributed by atoms with Crippen molar-refractivity contribution in [2.75, 3.05) is 0 Å². The van der Waals surface area contributed by atoms with E-state index in [1.165, 1.54) is 4.57 Å². The fourth-order valence-electron chi connectivity index (χ4n) is 1.93. The van der Waals surface area contributed by atoms with E-state index in [1.54, 1.807) is 0 Å². The van der Waals surface area contributed by atoms with E-state index >= 15 is 0 Å². The minimum atomic E-state index is -1.14. The van der Waals surface area contributed by atoms with Crippen LogP contribution in [0.3, 0.4) is 0 Å². The lowest BCUT2D eigenvalue weighted by molar-refractivity contribution is -0.387. The largest absolute Gasteiger partial charge is 0.308 e. The number of benzene rings is 1. The Morgan fingerprint density at radius 3 is 2.71 bits per heavy atom. The van der Waals surface area contributed by atoms with Crippen molar-refractivity contribution in [2.45, 2.75) is 20.4 Å². The molecule has 0 aliphatic rings. The van der Waals surface area contributed by atoms with Crippen LogP contribution in [0.2, 0.25) is 0 Å². The van der Waals surface area contributed by atoms with Crippen molar-refractivity contribution in [1.82, 2.24) is 14.8 Å². The molecule has 2 rings (SSSR count). The Bertz CT molecular complexity index is 754. The number of nitro benzene ring substituents is 1. The third-order valence-electron chi connectivity index (χ3n) is 2.76. The number of nitrogens with one attached hydrogen (secondary N) is 1. The van der Waals surface area contributed by atoms with E-state index in [9.17, 15) is 18.9 Å². The van der Waals surface area contributed by atoms with E-state index in [4.69, 9.17) is 12.2 Å². The molecule has 112 valence electrons. The molecule has 0 aliphatic heterocycles. The number of hydrogen-bond acceptors (Lipinski definition) is 4. The topological polar surface area (TPSA) is 76.8 Å². The summed E-state index contributed by atoms with van der Waals surface area (Å²) in [6.45, 7) is 4.26. The maximum atomic E-state index is 14.2. The Morgan fingerprint density at radius 1 is 1.48 bits per heavy atom. The number of rotatable bonds is 4. The molecular weight excluding hydrogens is 302 g/mol. The van der Waals surface area contributed by atoms with Crippen LogP contribution in [0.5, 0.6) is 0 Å². The van der Waals surface area contributed by atoms with Crippen molar-refractivity contribution in [3.63, 3.8) is 0 Å². The number of aromatic amines is 1. The molecule has 0 saturated heterocycles. The number of H-pyrrole nitrogens is 1. The van der Waals surface area contributed by atoms with Crippen molar-refractivity contribution in [3.05, 3.63) is 38.7 Å². The molecule has 0 saturated carbocycles. The summed E-state index contributed by atoms with van der Waals surface area (Å²) in [7, 11) is 0. The molecule has 0 amide bonds. The highest BCUT2D eigenvalue weighted by Crippen LogP contribution is 2.29. The van der Waals surface area contributed by atoms with Crippen molar-refractivity contribution < 1.29 is 13.7 Å². The summed E-state index contributed by atoms with van der Waals surface area (Å²) in [5.41, 5.74) is -1.23. The summed E-state index contributed by atoms with van der Waals surface area (Å²) in [5.74, 6) is -1.84. The fraction of sp³-hybridized carbons (Fsp3) is 0.333. The van der Waals surface area contributed by atoms with Crippen molar-refractivity contribution in [2.24, 2.45) is 5.92 Å². The lowest BCUT2D eigenvalue weighted by Gasteiger charge is -2.10. The van der Waals surface area contributed by atoms with Crippen LogP contribution in [-0.2, 0) is 6.54 Å². The van der Waals surface area contributed by atoms with Crippen LogP contribution in [-0.4, -0.2) is 19.7 Å². The van der Waals surface area contributed by atoms with E-state index in [-0.39, 0.29) is 22.1 Å². The average Bonchev–Trinajstić information content (AvgIpc) is 2.73. The van der Waals surface area contributed by atoms with Crippen LogP contribution >= 0.6 is 12.2 Å². The zero-order valence-electron chi connectivity index (χ0n) is 11.3. The molecule has 0 radical (unpaired) electrons. The summed E-state index contributed by atoms with van der Waals surface area (Å²) in [6.07, 6.45) is 0. The van der Waals surface area contributed by atoms with Crippen molar-refractivity contribution in [3.8, 4) is 11.4 Å². The third kappa shape index (κ3) is 2.97. The number of hydrogen-bond donors (Lipinski definition) is 1. The first-order valence-electron chi connectivity index (χ1n) is 6.10. The Labute approximate surface area is 123 Å². The lowest BCUT2D eigenvalue weighted by Crippen LogP contribution is -2.08. The first kappa shape index (κ1) is 15.2. The van der Waals surface area contributed by atoms with Crippen LogP contribution < -0.4 is 0 Å². The van der Waals surface area contributed by atoms with Gasteiger partial charge in [0, 0.05) is 6.54 Å². The molecule has 1 aromatic carbocycles. The number of nitrogens with zero attached hydrogens (tertiary/aromatic N) is 3. The van der Waals surface area contributed by atoms with Gasteiger partial charge in [0.05, 0.1) is 16.6 Å². The van der Waals surface area contributed by atoms with E-state index in [1.807, 2.05) is 13.8 Å². The molecule has 0 bridgehead atoms. The third-order valence-corrected chi connectivity index (χ3v) is 3.07. The van der Waals surface area contributed by atoms with E-state index in [0.717, 1.165) is 6.07 Å². The van der Waals surface area contributed by atoms with Crippen LogP contribution in [0.15, 0.2) is 12.1 Å². The van der Waals surface area contributed by atoms with Gasteiger partial charge in [0.25, 0.3) is 0 Å². The Morgan fingerprint density at radius 2 is 2.14 bits per heavy atom. The predicted molar refractivity (Wildman–Crippen MR) is 74.3 cm³/mol. The molecule has 1 aromatic heterocycles. The van der Waals surface area contributed by atoms with Crippen molar-refractivity contribution in [1.29, 1.82) is 0 Å². The molecule has 0 aliphatic carbocycles. The van der Waals surface area contributed by atoms with E-state index < -0.39 is 22.2 Å². The van der Waals surface area contributed by atoms with Gasteiger partial charge in [-0.3, -0.25) is 19.8 Å². The molecule has 21 heavy (non-hydrogen) atoms. The Kier molecular flexibility index (Phi) is 4.12. The fourth-order valence-corrected chi connectivity index (χ4v) is 2.13. The smallest absolute Gasteiger partial charge is 0.300 e. The molecule has 9 heteroatoms. The van der Waals surface area contributed by atoms with Crippen LogP contribution in [0, 0.1) is 32.4 Å². The van der Waals surface area contributed by atoms with Gasteiger partial charge < -0.3 is 0 Å². The van der Waals surface area contributed by atoms with Gasteiger partial charge in [0.15, 0.2) is 10.6 Å². The second-order valence-corrected chi connectivity index (χ2v) is 5.29. The van der Waals surface area contributed by atoms with E-state index in [2.05, 4.69) is 10.2 Å². The molecule has 0 atom stereocenters. The van der Waals surface area contributed by atoms with Crippen molar-refractivity contribution >= 4 is 17.9 Å². The zero-order valence-corrected chi connectivity index (χ0v) is 12.1. The van der Waals surface area contributed by atoms with Gasteiger partial charge in [-0.1, -0.05) is 13.8 Å². The summed E-state index contributed by atoms with van der Waals surface area (Å²) in [4.78, 5) is 9.79. The van der Waals surface area contributed by atoms with Crippen LogP contribution in [0.25, 0.3) is 11.4 Å². The molecular formula is C12H12F2N4O2S. The Balaban J connectivity index is 2.68. The first-order valence-corrected chi connectivity index (χ1v) is 6.51. The monoisotopic (exact) mass is 314 g/mol. The van der Waals surface area contributed by atoms with Gasteiger partial charge in [-0.25, -0.2) is 4.39 Å². The minimum Gasteiger partial charge on any atom is -0.300 e.